The second kappa shape index (κ2) is 68.8. The molecule has 0 fully saturated rings. The molecule has 96 heavy (non-hydrogen) atoms. The minimum Gasteiger partial charge on any atom is -0.462 e. The number of rotatable bonds is 76. The largest absolute Gasteiger partial charge is 0.472 e. The number of phosphoric ester groups is 2. The van der Waals surface area contributed by atoms with Crippen molar-refractivity contribution in [2.24, 2.45) is 11.8 Å². The van der Waals surface area contributed by atoms with Gasteiger partial charge in [-0.1, -0.05) is 350 Å². The first-order valence-corrected chi connectivity index (χ1v) is 43.0. The Kier molecular flexibility index (Phi) is 67.4. The third-order valence-electron chi connectivity index (χ3n) is 18.0. The van der Waals surface area contributed by atoms with Crippen LogP contribution < -0.4 is 0 Å². The first-order valence-electron chi connectivity index (χ1n) is 40.0. The number of ether oxygens (including phenoxy) is 4. The molecule has 0 aliphatic heterocycles. The fourth-order valence-corrected chi connectivity index (χ4v) is 13.4. The number of unbranched alkanes of at least 4 members (excludes halogenated alkanes) is 46. The van der Waals surface area contributed by atoms with Crippen molar-refractivity contribution in [3.8, 4) is 0 Å². The monoisotopic (exact) mass is 1410 g/mol. The summed E-state index contributed by atoms with van der Waals surface area (Å²) in [5.74, 6) is -0.630. The molecule has 0 saturated carbocycles. The van der Waals surface area contributed by atoms with E-state index >= 15 is 0 Å². The molecule has 0 heterocycles. The van der Waals surface area contributed by atoms with Crippen molar-refractivity contribution in [2.75, 3.05) is 39.6 Å². The molecule has 0 spiro atoms. The van der Waals surface area contributed by atoms with Crippen LogP contribution in [0.5, 0.6) is 0 Å². The van der Waals surface area contributed by atoms with Crippen LogP contribution in [0.4, 0.5) is 0 Å². The fraction of sp³-hybridized carbons (Fsp3) is 0.948. The zero-order chi connectivity index (χ0) is 70.7. The van der Waals surface area contributed by atoms with Crippen LogP contribution in [0.1, 0.15) is 401 Å². The second-order valence-electron chi connectivity index (χ2n) is 28.7. The Morgan fingerprint density at radius 3 is 0.708 bits per heavy atom. The summed E-state index contributed by atoms with van der Waals surface area (Å²) < 4.78 is 68.5. The summed E-state index contributed by atoms with van der Waals surface area (Å²) in [5, 5.41) is 10.6. The Morgan fingerprint density at radius 2 is 0.479 bits per heavy atom. The number of phosphoric acid groups is 2. The summed E-state index contributed by atoms with van der Waals surface area (Å²) in [6.07, 6.45) is 56.9. The molecular formula is C77H150O17P2. The lowest BCUT2D eigenvalue weighted by atomic mass is 10.0. The van der Waals surface area contributed by atoms with Crippen molar-refractivity contribution in [3.05, 3.63) is 0 Å². The summed E-state index contributed by atoms with van der Waals surface area (Å²) in [6.45, 7) is 9.56. The van der Waals surface area contributed by atoms with E-state index in [1.807, 2.05) is 0 Å². The summed E-state index contributed by atoms with van der Waals surface area (Å²) in [6, 6.07) is 0. The maximum atomic E-state index is 13.1. The van der Waals surface area contributed by atoms with Crippen molar-refractivity contribution in [1.29, 1.82) is 0 Å². The quantitative estimate of drug-likeness (QED) is 0.0222. The second-order valence-corrected chi connectivity index (χ2v) is 31.6. The van der Waals surface area contributed by atoms with E-state index < -0.39 is 97.5 Å². The van der Waals surface area contributed by atoms with Gasteiger partial charge in [0.2, 0.25) is 0 Å². The average Bonchev–Trinajstić information content (AvgIpc) is 1.13. The molecule has 0 amide bonds. The Hall–Kier alpha value is -1.94. The number of carbonyl (C=O) groups excluding carboxylic acids is 4. The molecule has 0 aliphatic carbocycles. The highest BCUT2D eigenvalue weighted by Gasteiger charge is 2.30. The summed E-state index contributed by atoms with van der Waals surface area (Å²) in [7, 11) is -9.91. The highest BCUT2D eigenvalue weighted by atomic mass is 31.2. The summed E-state index contributed by atoms with van der Waals surface area (Å²) in [5.41, 5.74) is 0. The van der Waals surface area contributed by atoms with Gasteiger partial charge in [-0.2, -0.15) is 0 Å². The predicted octanol–water partition coefficient (Wildman–Crippen LogP) is 22.7. The molecule has 0 saturated heterocycles. The molecule has 0 aliphatic rings. The molecule has 0 aromatic rings. The van der Waals surface area contributed by atoms with Gasteiger partial charge in [-0.05, 0) is 37.5 Å². The van der Waals surface area contributed by atoms with Crippen LogP contribution in [0.25, 0.3) is 0 Å². The SMILES string of the molecule is CCCCCCCCCCCCCCCCCCCCCCC(=O)O[C@H](COC(=O)CCCCCCCCCCCCC(C)C)COP(=O)(O)OC[C@@H](O)COP(=O)(O)OC[C@@H](COC(=O)CCCCCCCCCCC(C)C)OC(=O)CCCCCCCCCCCCCC. The Bertz CT molecular complexity index is 1860. The molecule has 3 N–H and O–H groups in total. The van der Waals surface area contributed by atoms with Crippen molar-refractivity contribution in [2.45, 2.75) is 419 Å². The van der Waals surface area contributed by atoms with E-state index in [0.29, 0.717) is 25.7 Å². The zero-order valence-corrected chi connectivity index (χ0v) is 64.5. The van der Waals surface area contributed by atoms with Gasteiger partial charge < -0.3 is 33.8 Å². The zero-order valence-electron chi connectivity index (χ0n) is 62.7. The molecule has 0 aromatic carbocycles. The van der Waals surface area contributed by atoms with Crippen molar-refractivity contribution < 1.29 is 80.2 Å². The van der Waals surface area contributed by atoms with Crippen molar-refractivity contribution in [1.82, 2.24) is 0 Å². The van der Waals surface area contributed by atoms with Gasteiger partial charge in [0.15, 0.2) is 12.2 Å². The highest BCUT2D eigenvalue weighted by molar-refractivity contribution is 7.47. The third-order valence-corrected chi connectivity index (χ3v) is 19.9. The van der Waals surface area contributed by atoms with Gasteiger partial charge in [0.25, 0.3) is 0 Å². The molecule has 570 valence electrons. The van der Waals surface area contributed by atoms with E-state index in [1.165, 1.54) is 218 Å². The van der Waals surface area contributed by atoms with Crippen LogP contribution in [0, 0.1) is 11.8 Å². The Morgan fingerprint density at radius 1 is 0.281 bits per heavy atom. The minimum absolute atomic E-state index is 0.107. The standard InChI is InChI=1S/C77H150O17P2/c1-7-9-11-13-15-17-19-21-22-23-24-25-26-27-28-30-36-44-50-56-62-77(82)93-72(65-87-74(79)59-53-47-41-34-32-31-33-39-45-51-57-69(3)4)67-91-95(83,84)89-63-71(78)64-90-96(85,86)92-68-73(66-88-75(80)60-54-48-42-38-37-40-46-52-58-70(5)6)94-76(81)61-55-49-43-35-29-20-18-16-14-12-10-8-2/h69-73,78H,7-68H2,1-6H3,(H,83,84)(H,85,86)/t71-,72-,73-/m1/s1. The van der Waals surface area contributed by atoms with Gasteiger partial charge in [0.1, 0.15) is 19.3 Å². The minimum atomic E-state index is -4.96. The molecule has 2 unspecified atom stereocenters. The number of aliphatic hydroxyl groups is 1. The van der Waals surface area contributed by atoms with Crippen LogP contribution in [-0.2, 0) is 65.4 Å². The van der Waals surface area contributed by atoms with Crippen LogP contribution in [0.2, 0.25) is 0 Å². The lowest BCUT2D eigenvalue weighted by Crippen LogP contribution is -2.30. The smallest absolute Gasteiger partial charge is 0.462 e. The molecule has 5 atom stereocenters. The first-order chi connectivity index (χ1) is 46.4. The molecule has 0 rings (SSSR count). The topological polar surface area (TPSA) is 237 Å². The van der Waals surface area contributed by atoms with E-state index in [9.17, 15) is 43.2 Å². The van der Waals surface area contributed by atoms with Gasteiger partial charge in [0.05, 0.1) is 26.4 Å². The van der Waals surface area contributed by atoms with Crippen LogP contribution in [-0.4, -0.2) is 96.7 Å². The lowest BCUT2D eigenvalue weighted by molar-refractivity contribution is -0.161. The molecule has 0 radical (unpaired) electrons. The van der Waals surface area contributed by atoms with E-state index in [1.54, 1.807) is 0 Å². The maximum absolute atomic E-state index is 13.1. The lowest BCUT2D eigenvalue weighted by Gasteiger charge is -2.21. The normalized spacial score (nSPS) is 14.0. The average molecular weight is 1410 g/mol. The highest BCUT2D eigenvalue weighted by Crippen LogP contribution is 2.45. The van der Waals surface area contributed by atoms with E-state index in [0.717, 1.165) is 102 Å². The number of carbonyl (C=O) groups is 4. The molecule has 17 nitrogen and oxygen atoms in total. The Labute approximate surface area is 588 Å². The number of hydrogen-bond donors (Lipinski definition) is 3. The van der Waals surface area contributed by atoms with Gasteiger partial charge in [-0.15, -0.1) is 0 Å². The van der Waals surface area contributed by atoms with Gasteiger partial charge in [-0.3, -0.25) is 37.3 Å². The van der Waals surface area contributed by atoms with E-state index in [-0.39, 0.29) is 25.7 Å². The first kappa shape index (κ1) is 94.1. The van der Waals surface area contributed by atoms with Gasteiger partial charge in [0, 0.05) is 25.7 Å². The third kappa shape index (κ3) is 70.5. The predicted molar refractivity (Wildman–Crippen MR) is 391 cm³/mol. The summed E-state index contributed by atoms with van der Waals surface area (Å²) in [4.78, 5) is 72.8. The molecule has 0 bridgehead atoms. The van der Waals surface area contributed by atoms with Gasteiger partial charge >= 0.3 is 39.5 Å². The van der Waals surface area contributed by atoms with Crippen molar-refractivity contribution >= 4 is 39.5 Å². The van der Waals surface area contributed by atoms with E-state index in [4.69, 9.17) is 37.0 Å². The maximum Gasteiger partial charge on any atom is 0.472 e. The Balaban J connectivity index is 5.22. The number of hydrogen-bond acceptors (Lipinski definition) is 15. The molecular weight excluding hydrogens is 1260 g/mol. The van der Waals surface area contributed by atoms with E-state index in [2.05, 4.69) is 41.5 Å². The van der Waals surface area contributed by atoms with Crippen LogP contribution in [0.3, 0.4) is 0 Å². The van der Waals surface area contributed by atoms with Gasteiger partial charge in [-0.25, -0.2) is 9.13 Å². The van der Waals surface area contributed by atoms with Crippen molar-refractivity contribution in [3.63, 3.8) is 0 Å². The fourth-order valence-electron chi connectivity index (χ4n) is 11.8. The van der Waals surface area contributed by atoms with Crippen LogP contribution >= 0.6 is 15.6 Å². The number of aliphatic hydroxyl groups excluding tert-OH is 1. The summed E-state index contributed by atoms with van der Waals surface area (Å²) >= 11 is 0. The van der Waals surface area contributed by atoms with Crippen LogP contribution in [0.15, 0.2) is 0 Å². The molecule has 0 aromatic heterocycles. The molecule has 19 heteroatoms. The number of esters is 4.